The Morgan fingerprint density at radius 1 is 0.519 bits per heavy atom. The molecule has 2 heterocycles. The zero-order valence-corrected chi connectivity index (χ0v) is 14.6. The van der Waals surface area contributed by atoms with Gasteiger partial charge in [0.15, 0.2) is 0 Å². The molecule has 2 aliphatic rings. The average molecular weight is 348 g/mol. The summed E-state index contributed by atoms with van der Waals surface area (Å²) in [6, 6.07) is 25.0. The largest absolute Gasteiger partial charge is 0.444 e. The van der Waals surface area contributed by atoms with E-state index in [0.29, 0.717) is 0 Å². The molecule has 0 saturated carbocycles. The van der Waals surface area contributed by atoms with E-state index >= 15 is 0 Å². The average Bonchev–Trinajstić information content (AvgIpc) is 2.73. The van der Waals surface area contributed by atoms with E-state index in [1.54, 1.807) is 0 Å². The minimum absolute atomic E-state index is 0.865. The molecule has 4 aromatic carbocycles. The maximum Gasteiger partial charge on any atom is 0.291 e. The van der Waals surface area contributed by atoms with Gasteiger partial charge in [-0.3, -0.25) is 0 Å². The molecule has 0 N–H and O–H groups in total. The first-order chi connectivity index (χ1) is 13.3. The van der Waals surface area contributed by atoms with Gasteiger partial charge >= 0.3 is 0 Å². The van der Waals surface area contributed by atoms with Gasteiger partial charge in [-0.05, 0) is 22.9 Å². The van der Waals surface area contributed by atoms with Crippen molar-refractivity contribution in [3.63, 3.8) is 0 Å². The van der Waals surface area contributed by atoms with Crippen LogP contribution in [0.15, 0.2) is 84.9 Å². The fraction of sp³-hybridized carbons (Fsp3) is 0.0400. The molecule has 0 atom stereocenters. The van der Waals surface area contributed by atoms with E-state index in [1.807, 2.05) is 36.4 Å². The molecule has 2 aliphatic heterocycles. The first kappa shape index (κ1) is 14.6. The molecular weight excluding hydrogens is 332 g/mol. The predicted molar refractivity (Wildman–Crippen MR) is 110 cm³/mol. The zero-order chi connectivity index (χ0) is 17.8. The van der Waals surface area contributed by atoms with E-state index in [2.05, 4.69) is 60.7 Å². The van der Waals surface area contributed by atoms with Crippen molar-refractivity contribution in [3.8, 4) is 11.5 Å². The van der Waals surface area contributed by atoms with E-state index in [4.69, 9.17) is 9.47 Å². The predicted octanol–water partition coefficient (Wildman–Crippen LogP) is 6.20. The number of ether oxygens (including phenoxy) is 2. The number of hydrogen-bond donors (Lipinski definition) is 0. The van der Waals surface area contributed by atoms with Crippen molar-refractivity contribution in [3.05, 3.63) is 96.1 Å². The van der Waals surface area contributed by atoms with Crippen LogP contribution in [0, 0.1) is 0 Å². The normalized spacial score (nSPS) is 16.0. The molecule has 0 radical (unpaired) electrons. The second-order valence-electron chi connectivity index (χ2n) is 7.00. The van der Waals surface area contributed by atoms with Gasteiger partial charge in [0.25, 0.3) is 5.79 Å². The summed E-state index contributed by atoms with van der Waals surface area (Å²) in [5.74, 6) is 0.807. The van der Waals surface area contributed by atoms with Crippen LogP contribution in [0.2, 0.25) is 0 Å². The van der Waals surface area contributed by atoms with Crippen LogP contribution >= 0.6 is 0 Å². The molecule has 0 bridgehead atoms. The maximum absolute atomic E-state index is 6.48. The molecular formula is C25H16O2. The Morgan fingerprint density at radius 2 is 1.00 bits per heavy atom. The van der Waals surface area contributed by atoms with Crippen LogP contribution in [0.1, 0.15) is 11.1 Å². The van der Waals surface area contributed by atoms with Crippen LogP contribution in [-0.4, -0.2) is 5.79 Å². The van der Waals surface area contributed by atoms with Gasteiger partial charge in [0.05, 0.1) is 0 Å². The third-order valence-electron chi connectivity index (χ3n) is 5.33. The van der Waals surface area contributed by atoms with Crippen molar-refractivity contribution in [1.82, 2.24) is 0 Å². The van der Waals surface area contributed by atoms with Crippen LogP contribution in [0.3, 0.4) is 0 Å². The fourth-order valence-corrected chi connectivity index (χ4v) is 3.95. The number of benzene rings is 4. The summed E-state index contributed by atoms with van der Waals surface area (Å²) >= 11 is 0. The van der Waals surface area contributed by atoms with Gasteiger partial charge in [-0.15, -0.1) is 0 Å². The fourth-order valence-electron chi connectivity index (χ4n) is 3.95. The second kappa shape index (κ2) is 5.24. The number of fused-ring (bicyclic) bond motifs is 6. The molecule has 6 rings (SSSR count). The van der Waals surface area contributed by atoms with Crippen LogP contribution in [0.5, 0.6) is 11.5 Å². The molecule has 27 heavy (non-hydrogen) atoms. The van der Waals surface area contributed by atoms with Gasteiger partial charge in [0.2, 0.25) is 0 Å². The molecule has 0 amide bonds. The molecule has 128 valence electrons. The van der Waals surface area contributed by atoms with Gasteiger partial charge in [0.1, 0.15) is 11.5 Å². The monoisotopic (exact) mass is 348 g/mol. The van der Waals surface area contributed by atoms with Crippen LogP contribution < -0.4 is 9.47 Å². The SMILES string of the molecule is C1=CC2(C=Cc3ccc4ccccc4c3O2)Oc2c1ccc1ccccc21. The maximum atomic E-state index is 6.48. The van der Waals surface area contributed by atoms with Crippen molar-refractivity contribution in [2.75, 3.05) is 0 Å². The molecule has 2 nitrogen and oxygen atoms in total. The molecule has 0 fully saturated rings. The Bertz CT molecular complexity index is 1180. The van der Waals surface area contributed by atoms with Gasteiger partial charge in [-0.25, -0.2) is 0 Å². The highest BCUT2D eigenvalue weighted by molar-refractivity contribution is 5.94. The van der Waals surface area contributed by atoms with Crippen molar-refractivity contribution >= 4 is 33.7 Å². The van der Waals surface area contributed by atoms with Gasteiger partial charge in [-0.1, -0.05) is 72.8 Å². The Kier molecular flexibility index (Phi) is 2.84. The molecule has 0 unspecified atom stereocenters. The topological polar surface area (TPSA) is 18.5 Å². The van der Waals surface area contributed by atoms with Crippen molar-refractivity contribution < 1.29 is 9.47 Å². The van der Waals surface area contributed by atoms with Gasteiger partial charge in [0, 0.05) is 34.1 Å². The standard InChI is InChI=1S/C25H16O2/c1-3-7-21-17(5-1)9-11-19-13-15-25(26-23(19)21)16-14-20-12-10-18-6-2-4-8-22(18)24(20)27-25/h1-16H. The molecule has 2 heteroatoms. The van der Waals surface area contributed by atoms with Crippen LogP contribution in [0.4, 0.5) is 0 Å². The van der Waals surface area contributed by atoms with Gasteiger partial charge in [-0.2, -0.15) is 0 Å². The Labute approximate surface area is 157 Å². The second-order valence-corrected chi connectivity index (χ2v) is 7.00. The molecule has 0 aliphatic carbocycles. The quantitative estimate of drug-likeness (QED) is 0.377. The molecule has 0 saturated heterocycles. The summed E-state index contributed by atoms with van der Waals surface area (Å²) in [7, 11) is 0. The summed E-state index contributed by atoms with van der Waals surface area (Å²) in [6.45, 7) is 0. The lowest BCUT2D eigenvalue weighted by Gasteiger charge is -2.36. The Morgan fingerprint density at radius 3 is 1.52 bits per heavy atom. The van der Waals surface area contributed by atoms with E-state index in [1.165, 1.54) is 0 Å². The van der Waals surface area contributed by atoms with Crippen LogP contribution in [-0.2, 0) is 0 Å². The highest BCUT2D eigenvalue weighted by atomic mass is 16.7. The van der Waals surface area contributed by atoms with Gasteiger partial charge < -0.3 is 9.47 Å². The minimum Gasteiger partial charge on any atom is -0.444 e. The summed E-state index contributed by atoms with van der Waals surface area (Å²) in [6.07, 6.45) is 8.16. The van der Waals surface area contributed by atoms with E-state index < -0.39 is 5.79 Å². The lowest BCUT2D eigenvalue weighted by atomic mass is 9.98. The molecule has 0 aromatic heterocycles. The van der Waals surface area contributed by atoms with E-state index in [9.17, 15) is 0 Å². The highest BCUT2D eigenvalue weighted by Crippen LogP contribution is 2.43. The summed E-state index contributed by atoms with van der Waals surface area (Å²) < 4.78 is 13.0. The van der Waals surface area contributed by atoms with Crippen molar-refractivity contribution in [2.24, 2.45) is 0 Å². The minimum atomic E-state index is -0.922. The lowest BCUT2D eigenvalue weighted by Crippen LogP contribution is -2.41. The third kappa shape index (κ3) is 2.13. The molecule has 1 spiro atoms. The zero-order valence-electron chi connectivity index (χ0n) is 14.6. The summed E-state index contributed by atoms with van der Waals surface area (Å²) in [5, 5.41) is 4.51. The first-order valence-electron chi connectivity index (χ1n) is 9.11. The summed E-state index contributed by atoms with van der Waals surface area (Å²) in [4.78, 5) is 0. The third-order valence-corrected chi connectivity index (χ3v) is 5.33. The number of rotatable bonds is 0. The van der Waals surface area contributed by atoms with E-state index in [0.717, 1.165) is 44.2 Å². The first-order valence-corrected chi connectivity index (χ1v) is 9.11. The smallest absolute Gasteiger partial charge is 0.291 e. The van der Waals surface area contributed by atoms with Crippen LogP contribution in [0.25, 0.3) is 33.7 Å². The Balaban J connectivity index is 1.52. The number of hydrogen-bond acceptors (Lipinski definition) is 2. The highest BCUT2D eigenvalue weighted by Gasteiger charge is 2.36. The lowest BCUT2D eigenvalue weighted by molar-refractivity contribution is -0.0284. The van der Waals surface area contributed by atoms with E-state index in [-0.39, 0.29) is 0 Å². The van der Waals surface area contributed by atoms with Crippen molar-refractivity contribution in [2.45, 2.75) is 5.79 Å². The molecule has 4 aromatic rings. The van der Waals surface area contributed by atoms with Crippen molar-refractivity contribution in [1.29, 1.82) is 0 Å². The Hall–Kier alpha value is -3.52. The summed E-state index contributed by atoms with van der Waals surface area (Å²) in [5.41, 5.74) is 2.14.